The van der Waals surface area contributed by atoms with Crippen LogP contribution in [0.4, 0.5) is 14.6 Å². The van der Waals surface area contributed by atoms with E-state index >= 15 is 0 Å². The standard InChI is InChI=1S/C18H22F2N6O.CH2O/c1-27-16(22)7-6-15(21)26-14(13-5-2-3-9-23-13)11-17(24-26)25-10-4-8-18(19,20)12-25;1-2/h2-3,5-7,9,11H,4,8,10,12,21-22H2,1H3;1H2/b15-6+,16-7+;. The van der Waals surface area contributed by atoms with Gasteiger partial charge in [-0.05, 0) is 24.6 Å². The summed E-state index contributed by atoms with van der Waals surface area (Å²) >= 11 is 0. The number of aromatic nitrogens is 3. The molecule has 1 saturated heterocycles. The molecular weight excluding hydrogens is 382 g/mol. The number of pyridine rings is 1. The first kappa shape index (κ1) is 21.9. The number of hydrogen-bond donors (Lipinski definition) is 2. The number of halogens is 2. The van der Waals surface area contributed by atoms with Crippen LogP contribution in [0, 0.1) is 0 Å². The second-order valence-electron chi connectivity index (χ2n) is 6.26. The Bertz CT molecular complexity index is 867. The van der Waals surface area contributed by atoms with E-state index in [1.807, 2.05) is 12.9 Å². The van der Waals surface area contributed by atoms with Crippen LogP contribution in [-0.2, 0) is 9.53 Å². The molecule has 0 saturated carbocycles. The fourth-order valence-electron chi connectivity index (χ4n) is 2.88. The Morgan fingerprint density at radius 3 is 2.69 bits per heavy atom. The van der Waals surface area contributed by atoms with Crippen LogP contribution >= 0.6 is 0 Å². The van der Waals surface area contributed by atoms with Crippen LogP contribution in [0.25, 0.3) is 17.2 Å². The van der Waals surface area contributed by atoms with E-state index in [-0.39, 0.29) is 24.7 Å². The van der Waals surface area contributed by atoms with Crippen LogP contribution in [0.1, 0.15) is 12.8 Å². The van der Waals surface area contributed by atoms with Crippen molar-refractivity contribution in [1.82, 2.24) is 14.8 Å². The summed E-state index contributed by atoms with van der Waals surface area (Å²) in [6.07, 6.45) is 4.96. The van der Waals surface area contributed by atoms with Gasteiger partial charge in [0.25, 0.3) is 5.92 Å². The number of piperidine rings is 1. The first-order chi connectivity index (χ1) is 13.9. The summed E-state index contributed by atoms with van der Waals surface area (Å²) in [5.41, 5.74) is 13.0. The largest absolute Gasteiger partial charge is 0.483 e. The van der Waals surface area contributed by atoms with Gasteiger partial charge in [-0.15, -0.1) is 5.10 Å². The third-order valence-corrected chi connectivity index (χ3v) is 4.24. The molecule has 4 N–H and O–H groups in total. The Morgan fingerprint density at radius 2 is 2.07 bits per heavy atom. The normalized spacial score (nSPS) is 16.7. The van der Waals surface area contributed by atoms with E-state index < -0.39 is 5.92 Å². The zero-order valence-electron chi connectivity index (χ0n) is 16.1. The zero-order valence-corrected chi connectivity index (χ0v) is 16.1. The Labute approximate surface area is 167 Å². The lowest BCUT2D eigenvalue weighted by molar-refractivity contribution is -0.0980. The first-order valence-electron chi connectivity index (χ1n) is 8.80. The molecule has 3 rings (SSSR count). The minimum Gasteiger partial charge on any atom is -0.483 e. The average molecular weight is 406 g/mol. The van der Waals surface area contributed by atoms with Crippen LogP contribution in [0.5, 0.6) is 0 Å². The molecule has 29 heavy (non-hydrogen) atoms. The Kier molecular flexibility index (Phi) is 7.29. The van der Waals surface area contributed by atoms with Crippen LogP contribution in [-0.4, -0.2) is 47.7 Å². The first-order valence-corrected chi connectivity index (χ1v) is 8.80. The molecule has 156 valence electrons. The van der Waals surface area contributed by atoms with Crippen molar-refractivity contribution in [3.63, 3.8) is 0 Å². The van der Waals surface area contributed by atoms with E-state index in [4.69, 9.17) is 21.0 Å². The van der Waals surface area contributed by atoms with Crippen molar-refractivity contribution in [2.45, 2.75) is 18.8 Å². The second kappa shape index (κ2) is 9.67. The molecule has 0 unspecified atom stereocenters. The highest BCUT2D eigenvalue weighted by molar-refractivity contribution is 5.66. The minimum absolute atomic E-state index is 0.111. The molecule has 0 aliphatic carbocycles. The van der Waals surface area contributed by atoms with Gasteiger partial charge in [-0.1, -0.05) is 6.07 Å². The van der Waals surface area contributed by atoms with Crippen molar-refractivity contribution in [3.8, 4) is 11.4 Å². The van der Waals surface area contributed by atoms with Gasteiger partial charge in [0, 0.05) is 31.3 Å². The predicted octanol–water partition coefficient (Wildman–Crippen LogP) is 2.20. The number of anilines is 1. The highest BCUT2D eigenvalue weighted by atomic mass is 19.3. The zero-order chi connectivity index (χ0) is 21.4. The molecule has 8 nitrogen and oxygen atoms in total. The molecule has 1 fully saturated rings. The monoisotopic (exact) mass is 406 g/mol. The van der Waals surface area contributed by atoms with Crippen molar-refractivity contribution < 1.29 is 18.3 Å². The number of nitrogens with zero attached hydrogens (tertiary/aromatic N) is 4. The number of hydrogen-bond acceptors (Lipinski definition) is 7. The maximum atomic E-state index is 13.8. The number of carbonyl (C=O) groups is 1. The number of allylic oxidation sites excluding steroid dienone is 2. The quantitative estimate of drug-likeness (QED) is 0.578. The van der Waals surface area contributed by atoms with E-state index in [1.165, 1.54) is 23.9 Å². The van der Waals surface area contributed by atoms with Gasteiger partial charge in [-0.2, -0.15) is 0 Å². The summed E-state index contributed by atoms with van der Waals surface area (Å²) < 4.78 is 34.0. The molecule has 2 aromatic rings. The Balaban J connectivity index is 0.00000145. The topological polar surface area (TPSA) is 112 Å². The summed E-state index contributed by atoms with van der Waals surface area (Å²) in [4.78, 5) is 13.9. The molecule has 0 amide bonds. The van der Waals surface area contributed by atoms with Gasteiger partial charge in [0.15, 0.2) is 11.7 Å². The Morgan fingerprint density at radius 1 is 1.31 bits per heavy atom. The number of alkyl halides is 2. The molecule has 1 aliphatic heterocycles. The molecule has 10 heteroatoms. The third kappa shape index (κ3) is 5.53. The minimum atomic E-state index is -2.73. The molecule has 0 atom stereocenters. The fourth-order valence-corrected chi connectivity index (χ4v) is 2.88. The van der Waals surface area contributed by atoms with Gasteiger partial charge in [-0.3, -0.25) is 4.98 Å². The van der Waals surface area contributed by atoms with E-state index in [0.29, 0.717) is 30.2 Å². The van der Waals surface area contributed by atoms with Crippen molar-refractivity contribution in [2.24, 2.45) is 11.5 Å². The van der Waals surface area contributed by atoms with Crippen LogP contribution in [0.15, 0.2) is 48.5 Å². The van der Waals surface area contributed by atoms with Gasteiger partial charge in [0.2, 0.25) is 0 Å². The molecule has 1 aliphatic rings. The second-order valence-corrected chi connectivity index (χ2v) is 6.26. The molecule has 0 radical (unpaired) electrons. The van der Waals surface area contributed by atoms with E-state index in [1.54, 1.807) is 29.3 Å². The molecule has 0 aromatic carbocycles. The number of ether oxygens (including phenoxy) is 1. The summed E-state index contributed by atoms with van der Waals surface area (Å²) in [6, 6.07) is 7.14. The van der Waals surface area contributed by atoms with Gasteiger partial charge < -0.3 is 25.9 Å². The van der Waals surface area contributed by atoms with Crippen molar-refractivity contribution in [3.05, 3.63) is 48.5 Å². The van der Waals surface area contributed by atoms with E-state index in [9.17, 15) is 8.78 Å². The summed E-state index contributed by atoms with van der Waals surface area (Å²) in [5.74, 6) is -1.87. The number of rotatable bonds is 5. The molecule has 0 bridgehead atoms. The van der Waals surface area contributed by atoms with E-state index in [2.05, 4.69) is 10.1 Å². The lowest BCUT2D eigenvalue weighted by Crippen LogP contribution is -2.42. The number of nitrogens with two attached hydrogens (primary N) is 2. The van der Waals surface area contributed by atoms with Crippen LogP contribution < -0.4 is 16.4 Å². The molecule has 0 spiro atoms. The summed E-state index contributed by atoms with van der Waals surface area (Å²) in [7, 11) is 1.44. The smallest absolute Gasteiger partial charge is 0.265 e. The summed E-state index contributed by atoms with van der Waals surface area (Å²) in [5, 5.41) is 4.44. The van der Waals surface area contributed by atoms with Gasteiger partial charge in [0.05, 0.1) is 25.0 Å². The maximum Gasteiger partial charge on any atom is 0.265 e. The maximum absolute atomic E-state index is 13.8. The lowest BCUT2D eigenvalue weighted by atomic mass is 10.1. The summed E-state index contributed by atoms with van der Waals surface area (Å²) in [6.45, 7) is 2.14. The predicted molar refractivity (Wildman–Crippen MR) is 107 cm³/mol. The molecule has 3 heterocycles. The highest BCUT2D eigenvalue weighted by Gasteiger charge is 2.36. The number of carbonyl (C=O) groups excluding carboxylic acids is 1. The van der Waals surface area contributed by atoms with Gasteiger partial charge in [0.1, 0.15) is 12.6 Å². The van der Waals surface area contributed by atoms with Crippen molar-refractivity contribution in [1.29, 1.82) is 0 Å². The molecule has 2 aromatic heterocycles. The van der Waals surface area contributed by atoms with E-state index in [0.717, 1.165) is 0 Å². The van der Waals surface area contributed by atoms with Crippen LogP contribution in [0.3, 0.4) is 0 Å². The Hall–Kier alpha value is -3.43. The SMILES string of the molecule is C=O.CO/C(N)=C/C=C(\N)n1nc(N2CCCC(F)(F)C2)cc1-c1ccccn1. The highest BCUT2D eigenvalue weighted by Crippen LogP contribution is 2.31. The lowest BCUT2D eigenvalue weighted by Gasteiger charge is -2.32. The molecular formula is C19H24F2N6O2. The number of methoxy groups -OCH3 is 1. The van der Waals surface area contributed by atoms with Crippen molar-refractivity contribution in [2.75, 3.05) is 25.1 Å². The van der Waals surface area contributed by atoms with Gasteiger partial charge in [-0.25, -0.2) is 13.5 Å². The average Bonchev–Trinajstić information content (AvgIpc) is 3.19. The van der Waals surface area contributed by atoms with Gasteiger partial charge >= 0.3 is 0 Å². The van der Waals surface area contributed by atoms with Crippen LogP contribution in [0.2, 0.25) is 0 Å². The fraction of sp³-hybridized carbons (Fsp3) is 0.316. The van der Waals surface area contributed by atoms with Crippen molar-refractivity contribution >= 4 is 18.4 Å². The third-order valence-electron chi connectivity index (χ3n) is 4.24.